The Hall–Kier alpha value is -2.32. The number of benzene rings is 2. The number of aromatic nitrogens is 2. The maximum atomic E-state index is 9.10. The molecule has 0 amide bonds. The van der Waals surface area contributed by atoms with Gasteiger partial charge in [0.1, 0.15) is 11.6 Å². The number of nitriles is 1. The molecule has 0 spiro atoms. The molecule has 0 fully saturated rings. The Kier molecular flexibility index (Phi) is 2.73. The Balaban J connectivity index is 2.37. The number of imidazole rings is 1. The van der Waals surface area contributed by atoms with Crippen LogP contribution >= 0.6 is 15.9 Å². The molecule has 2 N–H and O–H groups in total. The molecule has 0 saturated carbocycles. The van der Waals surface area contributed by atoms with Gasteiger partial charge in [-0.05, 0) is 30.3 Å². The quantitative estimate of drug-likeness (QED) is 0.750. The molecule has 0 atom stereocenters. The van der Waals surface area contributed by atoms with Crippen molar-refractivity contribution in [3.63, 3.8) is 0 Å². The van der Waals surface area contributed by atoms with E-state index in [0.29, 0.717) is 17.0 Å². The van der Waals surface area contributed by atoms with Crippen molar-refractivity contribution in [3.8, 4) is 11.8 Å². The molecule has 1 aromatic heterocycles. The van der Waals surface area contributed by atoms with Gasteiger partial charge in [0, 0.05) is 4.47 Å². The zero-order valence-corrected chi connectivity index (χ0v) is 11.4. The van der Waals surface area contributed by atoms with Crippen molar-refractivity contribution in [2.24, 2.45) is 0 Å². The predicted molar refractivity (Wildman–Crippen MR) is 77.9 cm³/mol. The van der Waals surface area contributed by atoms with Crippen molar-refractivity contribution < 1.29 is 0 Å². The zero-order chi connectivity index (χ0) is 13.4. The highest BCUT2D eigenvalue weighted by Gasteiger charge is 2.12. The molecule has 4 nitrogen and oxygen atoms in total. The highest BCUT2D eigenvalue weighted by molar-refractivity contribution is 9.10. The Morgan fingerprint density at radius 3 is 2.74 bits per heavy atom. The van der Waals surface area contributed by atoms with Gasteiger partial charge in [-0.3, -0.25) is 4.57 Å². The summed E-state index contributed by atoms with van der Waals surface area (Å²) < 4.78 is 2.80. The highest BCUT2D eigenvalue weighted by Crippen LogP contribution is 2.26. The van der Waals surface area contributed by atoms with Crippen LogP contribution in [0.5, 0.6) is 0 Å². The van der Waals surface area contributed by atoms with Crippen molar-refractivity contribution in [3.05, 3.63) is 52.5 Å². The Morgan fingerprint density at radius 1 is 1.21 bits per heavy atom. The number of nitrogens with zero attached hydrogens (tertiary/aromatic N) is 3. The summed E-state index contributed by atoms with van der Waals surface area (Å²) in [5.74, 6) is 0.371. The number of nitrogen functional groups attached to an aromatic ring is 1. The highest BCUT2D eigenvalue weighted by atomic mass is 79.9. The van der Waals surface area contributed by atoms with Crippen LogP contribution in [0.25, 0.3) is 16.7 Å². The van der Waals surface area contributed by atoms with Gasteiger partial charge in [0.05, 0.1) is 16.8 Å². The van der Waals surface area contributed by atoms with E-state index in [1.54, 1.807) is 6.07 Å². The van der Waals surface area contributed by atoms with Crippen LogP contribution in [0.4, 0.5) is 5.95 Å². The van der Waals surface area contributed by atoms with Crippen LogP contribution in [-0.4, -0.2) is 9.55 Å². The van der Waals surface area contributed by atoms with Gasteiger partial charge in [0.2, 0.25) is 5.95 Å². The van der Waals surface area contributed by atoms with Crippen LogP contribution in [0.2, 0.25) is 0 Å². The number of anilines is 1. The number of hydrogen-bond acceptors (Lipinski definition) is 3. The van der Waals surface area contributed by atoms with Crippen molar-refractivity contribution in [1.82, 2.24) is 9.55 Å². The molecular formula is C14H9BrN4. The summed E-state index contributed by atoms with van der Waals surface area (Å²) in [4.78, 5) is 4.29. The van der Waals surface area contributed by atoms with E-state index in [-0.39, 0.29) is 0 Å². The average molecular weight is 313 g/mol. The van der Waals surface area contributed by atoms with Crippen LogP contribution in [0.1, 0.15) is 5.56 Å². The number of para-hydroxylation sites is 1. The summed E-state index contributed by atoms with van der Waals surface area (Å²) >= 11 is 3.44. The van der Waals surface area contributed by atoms with Gasteiger partial charge >= 0.3 is 0 Å². The first-order valence-electron chi connectivity index (χ1n) is 5.63. The lowest BCUT2D eigenvalue weighted by molar-refractivity contribution is 1.11. The minimum atomic E-state index is 0.371. The maximum Gasteiger partial charge on any atom is 0.205 e. The van der Waals surface area contributed by atoms with Gasteiger partial charge in [0.25, 0.3) is 0 Å². The molecule has 92 valence electrons. The van der Waals surface area contributed by atoms with E-state index in [9.17, 15) is 0 Å². The van der Waals surface area contributed by atoms with Crippen LogP contribution in [0.3, 0.4) is 0 Å². The molecule has 0 saturated heterocycles. The van der Waals surface area contributed by atoms with E-state index in [4.69, 9.17) is 11.0 Å². The molecule has 0 radical (unpaired) electrons. The lowest BCUT2D eigenvalue weighted by Gasteiger charge is -2.06. The van der Waals surface area contributed by atoms with E-state index in [2.05, 4.69) is 27.0 Å². The van der Waals surface area contributed by atoms with Crippen molar-refractivity contribution in [2.75, 3.05) is 5.73 Å². The third kappa shape index (κ3) is 1.86. The van der Waals surface area contributed by atoms with Gasteiger partial charge in [-0.2, -0.15) is 5.26 Å². The van der Waals surface area contributed by atoms with Crippen LogP contribution < -0.4 is 5.73 Å². The Morgan fingerprint density at radius 2 is 2.00 bits per heavy atom. The summed E-state index contributed by atoms with van der Waals surface area (Å²) in [6.45, 7) is 0. The van der Waals surface area contributed by atoms with Gasteiger partial charge in [-0.15, -0.1) is 0 Å². The molecule has 0 aliphatic rings. The second kappa shape index (κ2) is 4.41. The fourth-order valence-electron chi connectivity index (χ4n) is 2.09. The van der Waals surface area contributed by atoms with Crippen molar-refractivity contribution in [1.29, 1.82) is 5.26 Å². The molecule has 0 aliphatic heterocycles. The SMILES string of the molecule is N#Cc1cccc2c1nc(N)n2-c1cccc(Br)c1. The van der Waals surface area contributed by atoms with Crippen LogP contribution in [0.15, 0.2) is 46.9 Å². The Labute approximate surface area is 118 Å². The zero-order valence-electron chi connectivity index (χ0n) is 9.84. The topological polar surface area (TPSA) is 67.6 Å². The van der Waals surface area contributed by atoms with Gasteiger partial charge in [-0.1, -0.05) is 28.1 Å². The molecule has 3 aromatic rings. The molecule has 5 heteroatoms. The monoisotopic (exact) mass is 312 g/mol. The van der Waals surface area contributed by atoms with E-state index in [1.165, 1.54) is 0 Å². The molecule has 2 aromatic carbocycles. The van der Waals surface area contributed by atoms with Crippen LogP contribution in [-0.2, 0) is 0 Å². The average Bonchev–Trinajstić information content (AvgIpc) is 2.74. The first kappa shape index (κ1) is 11.8. The standard InChI is InChI=1S/C14H9BrN4/c15-10-4-2-5-11(7-10)19-12-6-1-3-9(8-16)13(12)18-14(19)17/h1-7H,(H2,17,18). The lowest BCUT2D eigenvalue weighted by atomic mass is 10.2. The fraction of sp³-hybridized carbons (Fsp3) is 0. The largest absolute Gasteiger partial charge is 0.369 e. The van der Waals surface area contributed by atoms with Crippen LogP contribution in [0, 0.1) is 11.3 Å². The van der Waals surface area contributed by atoms with Gasteiger partial charge in [-0.25, -0.2) is 4.98 Å². The molecular weight excluding hydrogens is 304 g/mol. The number of fused-ring (bicyclic) bond motifs is 1. The third-order valence-electron chi connectivity index (χ3n) is 2.90. The Bertz CT molecular complexity index is 814. The summed E-state index contributed by atoms with van der Waals surface area (Å²) in [5, 5.41) is 9.10. The number of hydrogen-bond donors (Lipinski definition) is 1. The number of rotatable bonds is 1. The number of halogens is 1. The first-order valence-corrected chi connectivity index (χ1v) is 6.43. The number of nitrogens with two attached hydrogens (primary N) is 1. The minimum Gasteiger partial charge on any atom is -0.369 e. The lowest BCUT2D eigenvalue weighted by Crippen LogP contribution is -2.00. The second-order valence-electron chi connectivity index (χ2n) is 4.07. The summed E-state index contributed by atoms with van der Waals surface area (Å²) in [6.07, 6.45) is 0. The van der Waals surface area contributed by atoms with Crippen molar-refractivity contribution >= 4 is 32.9 Å². The molecule has 0 bridgehead atoms. The predicted octanol–water partition coefficient (Wildman–Crippen LogP) is 3.24. The normalized spacial score (nSPS) is 10.5. The smallest absolute Gasteiger partial charge is 0.205 e. The third-order valence-corrected chi connectivity index (χ3v) is 3.39. The second-order valence-corrected chi connectivity index (χ2v) is 4.99. The van der Waals surface area contributed by atoms with E-state index in [1.807, 2.05) is 41.0 Å². The fourth-order valence-corrected chi connectivity index (χ4v) is 2.48. The van der Waals surface area contributed by atoms with E-state index >= 15 is 0 Å². The summed E-state index contributed by atoms with van der Waals surface area (Å²) in [5.41, 5.74) is 8.87. The van der Waals surface area contributed by atoms with E-state index in [0.717, 1.165) is 15.7 Å². The minimum absolute atomic E-state index is 0.371. The molecule has 0 aliphatic carbocycles. The summed E-state index contributed by atoms with van der Waals surface area (Å²) in [7, 11) is 0. The van der Waals surface area contributed by atoms with E-state index < -0.39 is 0 Å². The summed E-state index contributed by atoms with van der Waals surface area (Å²) in [6, 6.07) is 15.4. The van der Waals surface area contributed by atoms with Gasteiger partial charge in [0.15, 0.2) is 0 Å². The molecule has 19 heavy (non-hydrogen) atoms. The molecule has 0 unspecified atom stereocenters. The van der Waals surface area contributed by atoms with Crippen molar-refractivity contribution in [2.45, 2.75) is 0 Å². The first-order chi connectivity index (χ1) is 9.20. The van der Waals surface area contributed by atoms with Gasteiger partial charge < -0.3 is 5.73 Å². The maximum absolute atomic E-state index is 9.10. The molecule has 1 heterocycles. The molecule has 3 rings (SSSR count).